The summed E-state index contributed by atoms with van der Waals surface area (Å²) >= 11 is 0. The van der Waals surface area contributed by atoms with Gasteiger partial charge in [0.25, 0.3) is 0 Å². The van der Waals surface area contributed by atoms with Gasteiger partial charge in [-0.3, -0.25) is 0 Å². The van der Waals surface area contributed by atoms with Gasteiger partial charge in [-0.1, -0.05) is 13.8 Å². The van der Waals surface area contributed by atoms with Crippen molar-refractivity contribution in [1.29, 1.82) is 0 Å². The van der Waals surface area contributed by atoms with E-state index in [2.05, 4.69) is 24.5 Å². The molecule has 2 N–H and O–H groups in total. The van der Waals surface area contributed by atoms with Gasteiger partial charge >= 0.3 is 6.03 Å². The van der Waals surface area contributed by atoms with Crippen molar-refractivity contribution in [2.24, 2.45) is 17.8 Å². The van der Waals surface area contributed by atoms with Crippen LogP contribution in [0.4, 0.5) is 4.79 Å². The zero-order chi connectivity index (χ0) is 13.7. The first kappa shape index (κ1) is 14.6. The molecule has 0 bridgehead atoms. The molecule has 2 heterocycles. The Morgan fingerprint density at radius 1 is 1.21 bits per heavy atom. The highest BCUT2D eigenvalue weighted by atomic mass is 16.5. The summed E-state index contributed by atoms with van der Waals surface area (Å²) in [6, 6.07) is -0.0682. The molecule has 0 radical (unpaired) electrons. The molecule has 19 heavy (non-hydrogen) atoms. The molecule has 5 heteroatoms. The molecule has 5 nitrogen and oxygen atoms in total. The van der Waals surface area contributed by atoms with Gasteiger partial charge in [-0.15, -0.1) is 0 Å². The second-order valence-electron chi connectivity index (χ2n) is 5.95. The summed E-state index contributed by atoms with van der Waals surface area (Å²) in [7, 11) is 0. The minimum atomic E-state index is -0.0682. The predicted molar refractivity (Wildman–Crippen MR) is 73.0 cm³/mol. The summed E-state index contributed by atoms with van der Waals surface area (Å²) in [6.07, 6.45) is 2.37. The highest BCUT2D eigenvalue weighted by Crippen LogP contribution is 2.25. The van der Waals surface area contributed by atoms with E-state index in [-0.39, 0.29) is 12.1 Å². The van der Waals surface area contributed by atoms with Crippen LogP contribution >= 0.6 is 0 Å². The van der Waals surface area contributed by atoms with Gasteiger partial charge in [0.1, 0.15) is 0 Å². The largest absolute Gasteiger partial charge is 0.381 e. The summed E-state index contributed by atoms with van der Waals surface area (Å²) in [5.41, 5.74) is 0. The number of urea groups is 1. The van der Waals surface area contributed by atoms with Crippen LogP contribution in [-0.2, 0) is 9.47 Å². The molecule has 0 spiro atoms. The van der Waals surface area contributed by atoms with Crippen LogP contribution in [0.15, 0.2) is 0 Å². The van der Waals surface area contributed by atoms with Gasteiger partial charge in [-0.25, -0.2) is 4.79 Å². The SMILES string of the molecule is CC(C)[C@H]1OCC[C@@H]1CNC(=O)NCC1CCOC1. The van der Waals surface area contributed by atoms with E-state index in [1.54, 1.807) is 0 Å². The van der Waals surface area contributed by atoms with Gasteiger partial charge in [-0.2, -0.15) is 0 Å². The van der Waals surface area contributed by atoms with Gasteiger partial charge in [0, 0.05) is 38.1 Å². The molecular weight excluding hydrogens is 244 g/mol. The van der Waals surface area contributed by atoms with Crippen LogP contribution in [0.2, 0.25) is 0 Å². The Morgan fingerprint density at radius 3 is 2.68 bits per heavy atom. The third-order valence-electron chi connectivity index (χ3n) is 4.02. The fourth-order valence-electron chi connectivity index (χ4n) is 2.88. The molecule has 3 atom stereocenters. The maximum absolute atomic E-state index is 11.7. The van der Waals surface area contributed by atoms with Crippen molar-refractivity contribution >= 4 is 6.03 Å². The molecule has 110 valence electrons. The van der Waals surface area contributed by atoms with Crippen molar-refractivity contribution in [1.82, 2.24) is 10.6 Å². The zero-order valence-electron chi connectivity index (χ0n) is 12.0. The maximum atomic E-state index is 11.7. The summed E-state index contributed by atoms with van der Waals surface area (Å²) in [5.74, 6) is 1.43. The molecule has 2 saturated heterocycles. The van der Waals surface area contributed by atoms with Crippen LogP contribution in [0.3, 0.4) is 0 Å². The Hall–Kier alpha value is -0.810. The van der Waals surface area contributed by atoms with Crippen LogP contribution in [0.1, 0.15) is 26.7 Å². The fourth-order valence-corrected chi connectivity index (χ4v) is 2.88. The topological polar surface area (TPSA) is 59.6 Å². The van der Waals surface area contributed by atoms with Gasteiger partial charge in [0.15, 0.2) is 0 Å². The van der Waals surface area contributed by atoms with Gasteiger partial charge in [0.05, 0.1) is 12.7 Å². The number of amides is 2. The lowest BCUT2D eigenvalue weighted by atomic mass is 9.93. The molecular formula is C14H26N2O3. The standard InChI is InChI=1S/C14H26N2O3/c1-10(2)13-12(4-6-19-13)8-16-14(17)15-7-11-3-5-18-9-11/h10-13H,3-9H2,1-2H3,(H2,15,16,17)/t11?,12-,13-/m1/s1. The quantitative estimate of drug-likeness (QED) is 0.793. The van der Waals surface area contributed by atoms with E-state index >= 15 is 0 Å². The molecule has 0 aliphatic carbocycles. The molecule has 0 aromatic carbocycles. The molecule has 1 unspecified atom stereocenters. The van der Waals surface area contributed by atoms with Crippen molar-refractivity contribution in [3.05, 3.63) is 0 Å². The van der Waals surface area contributed by atoms with Crippen LogP contribution in [0, 0.1) is 17.8 Å². The number of hydrogen-bond donors (Lipinski definition) is 2. The summed E-state index contributed by atoms with van der Waals surface area (Å²) in [6.45, 7) is 8.16. The lowest BCUT2D eigenvalue weighted by Crippen LogP contribution is -2.42. The smallest absolute Gasteiger partial charge is 0.314 e. The van der Waals surface area contributed by atoms with Crippen molar-refractivity contribution in [3.8, 4) is 0 Å². The first-order chi connectivity index (χ1) is 9.16. The van der Waals surface area contributed by atoms with Crippen molar-refractivity contribution in [2.45, 2.75) is 32.8 Å². The van der Waals surface area contributed by atoms with Crippen molar-refractivity contribution in [2.75, 3.05) is 32.9 Å². The minimum absolute atomic E-state index is 0.0682. The van der Waals surface area contributed by atoms with Crippen molar-refractivity contribution < 1.29 is 14.3 Å². The van der Waals surface area contributed by atoms with E-state index < -0.39 is 0 Å². The Bertz CT molecular complexity index is 290. The lowest BCUT2D eigenvalue weighted by molar-refractivity contribution is 0.0545. The Kier molecular flexibility index (Phi) is 5.45. The normalized spacial score (nSPS) is 30.8. The first-order valence-corrected chi connectivity index (χ1v) is 7.38. The third-order valence-corrected chi connectivity index (χ3v) is 4.02. The van der Waals surface area contributed by atoms with E-state index in [0.717, 1.165) is 32.7 Å². The highest BCUT2D eigenvalue weighted by Gasteiger charge is 2.30. The van der Waals surface area contributed by atoms with Crippen LogP contribution in [-0.4, -0.2) is 45.0 Å². The van der Waals surface area contributed by atoms with E-state index in [0.29, 0.717) is 30.8 Å². The van der Waals surface area contributed by atoms with E-state index in [4.69, 9.17) is 9.47 Å². The van der Waals surface area contributed by atoms with E-state index in [9.17, 15) is 4.79 Å². The molecule has 0 saturated carbocycles. The monoisotopic (exact) mass is 270 g/mol. The average Bonchev–Trinajstić information content (AvgIpc) is 3.04. The van der Waals surface area contributed by atoms with E-state index in [1.165, 1.54) is 0 Å². The summed E-state index contributed by atoms with van der Waals surface area (Å²) in [5, 5.41) is 5.88. The molecule has 0 aromatic rings. The molecule has 0 aromatic heterocycles. The van der Waals surface area contributed by atoms with Crippen LogP contribution < -0.4 is 10.6 Å². The third kappa shape index (κ3) is 4.35. The Morgan fingerprint density at radius 2 is 2.00 bits per heavy atom. The molecule has 2 amide bonds. The van der Waals surface area contributed by atoms with Gasteiger partial charge in [-0.05, 0) is 18.8 Å². The van der Waals surface area contributed by atoms with E-state index in [1.807, 2.05) is 0 Å². The summed E-state index contributed by atoms with van der Waals surface area (Å²) < 4.78 is 11.0. The van der Waals surface area contributed by atoms with Gasteiger partial charge in [0.2, 0.25) is 0 Å². The van der Waals surface area contributed by atoms with Crippen molar-refractivity contribution in [3.63, 3.8) is 0 Å². The van der Waals surface area contributed by atoms with Crippen LogP contribution in [0.5, 0.6) is 0 Å². The van der Waals surface area contributed by atoms with Crippen LogP contribution in [0.25, 0.3) is 0 Å². The van der Waals surface area contributed by atoms with Gasteiger partial charge < -0.3 is 20.1 Å². The number of carbonyl (C=O) groups excluding carboxylic acids is 1. The number of rotatable bonds is 5. The number of hydrogen-bond acceptors (Lipinski definition) is 3. The fraction of sp³-hybridized carbons (Fsp3) is 0.929. The Labute approximate surface area is 115 Å². The summed E-state index contributed by atoms with van der Waals surface area (Å²) in [4.78, 5) is 11.7. The first-order valence-electron chi connectivity index (χ1n) is 7.38. The second-order valence-corrected chi connectivity index (χ2v) is 5.95. The lowest BCUT2D eigenvalue weighted by Gasteiger charge is -2.22. The number of ether oxygens (including phenoxy) is 2. The molecule has 2 aliphatic heterocycles. The minimum Gasteiger partial charge on any atom is -0.381 e. The molecule has 2 aliphatic rings. The predicted octanol–water partition coefficient (Wildman–Crippen LogP) is 1.38. The Balaban J connectivity index is 1.62. The zero-order valence-corrected chi connectivity index (χ0v) is 12.0. The highest BCUT2D eigenvalue weighted by molar-refractivity contribution is 5.73. The number of nitrogens with one attached hydrogen (secondary N) is 2. The average molecular weight is 270 g/mol. The number of carbonyl (C=O) groups is 1. The maximum Gasteiger partial charge on any atom is 0.314 e. The molecule has 2 fully saturated rings. The molecule has 2 rings (SSSR count). The second kappa shape index (κ2) is 7.10.